The molecule has 2 aliphatic heterocycles. The number of pyridine rings is 1. The maximum absolute atomic E-state index is 13.3. The van der Waals surface area contributed by atoms with Crippen molar-refractivity contribution in [2.24, 2.45) is 0 Å². The molecule has 0 unspecified atom stereocenters. The number of piperazine rings is 1. The largest absolute Gasteiger partial charge is 0.497 e. The Kier molecular flexibility index (Phi) is 6.02. The van der Waals surface area contributed by atoms with Gasteiger partial charge in [0, 0.05) is 66.7 Å². The lowest BCUT2D eigenvalue weighted by Crippen LogP contribution is -2.52. The Labute approximate surface area is 202 Å². The van der Waals surface area contributed by atoms with E-state index in [-0.39, 0.29) is 18.2 Å². The third-order valence-electron chi connectivity index (χ3n) is 6.49. The van der Waals surface area contributed by atoms with Crippen molar-refractivity contribution in [3.8, 4) is 11.5 Å². The Morgan fingerprint density at radius 3 is 2.32 bits per heavy atom. The molecule has 0 saturated carbocycles. The molecule has 0 aliphatic carbocycles. The van der Waals surface area contributed by atoms with E-state index in [2.05, 4.69) is 14.8 Å². The summed E-state index contributed by atoms with van der Waals surface area (Å²) in [5.74, 6) is 0.623. The van der Waals surface area contributed by atoms with Crippen molar-refractivity contribution in [1.29, 1.82) is 0 Å². The average Bonchev–Trinajstić information content (AvgIpc) is 3.16. The van der Waals surface area contributed by atoms with Gasteiger partial charge in [0.05, 0.1) is 37.9 Å². The number of aromatic nitrogens is 1. The minimum absolute atomic E-state index is 0.162. The maximum Gasteiger partial charge on any atom is 0.251 e. The van der Waals surface area contributed by atoms with Crippen LogP contribution in [-0.4, -0.2) is 68.1 Å². The number of nitrogens with zero attached hydrogens (tertiary/aromatic N) is 4. The van der Waals surface area contributed by atoms with E-state index in [1.165, 1.54) is 19.1 Å². The zero-order valence-electron chi connectivity index (χ0n) is 19.0. The van der Waals surface area contributed by atoms with Gasteiger partial charge in [0.15, 0.2) is 0 Å². The van der Waals surface area contributed by atoms with Gasteiger partial charge in [-0.05, 0) is 24.3 Å². The molecular weight excluding hydrogens is 456 g/mol. The predicted octanol–water partition coefficient (Wildman–Crippen LogP) is 3.36. The van der Waals surface area contributed by atoms with Crippen LogP contribution in [0.25, 0.3) is 10.9 Å². The van der Waals surface area contributed by atoms with Gasteiger partial charge in [0.25, 0.3) is 5.91 Å². The summed E-state index contributed by atoms with van der Waals surface area (Å²) >= 11 is 6.13. The zero-order valence-corrected chi connectivity index (χ0v) is 19.8. The van der Waals surface area contributed by atoms with Crippen LogP contribution < -0.4 is 19.3 Å². The van der Waals surface area contributed by atoms with Crippen LogP contribution >= 0.6 is 11.6 Å². The molecule has 1 atom stereocenters. The third kappa shape index (κ3) is 4.03. The van der Waals surface area contributed by atoms with Gasteiger partial charge in [-0.1, -0.05) is 11.6 Å². The third-order valence-corrected chi connectivity index (χ3v) is 6.73. The predicted molar refractivity (Wildman–Crippen MR) is 131 cm³/mol. The average molecular weight is 481 g/mol. The second-order valence-corrected chi connectivity index (χ2v) is 8.81. The van der Waals surface area contributed by atoms with E-state index in [4.69, 9.17) is 21.1 Å². The fourth-order valence-electron chi connectivity index (χ4n) is 4.75. The van der Waals surface area contributed by atoms with Crippen molar-refractivity contribution in [1.82, 2.24) is 9.88 Å². The van der Waals surface area contributed by atoms with Crippen molar-refractivity contribution >= 4 is 45.7 Å². The molecule has 3 aromatic rings. The summed E-state index contributed by atoms with van der Waals surface area (Å²) in [6.45, 7) is 2.84. The number of benzene rings is 2. The van der Waals surface area contributed by atoms with Crippen LogP contribution in [-0.2, 0) is 9.59 Å². The molecule has 2 amide bonds. The first-order valence-electron chi connectivity index (χ1n) is 11.1. The summed E-state index contributed by atoms with van der Waals surface area (Å²) in [7, 11) is 3.07. The minimum Gasteiger partial charge on any atom is -0.497 e. The Hall–Kier alpha value is -3.36. The normalized spacial score (nSPS) is 19.2. The first-order valence-corrected chi connectivity index (χ1v) is 11.5. The Bertz CT molecular complexity index is 1240. The van der Waals surface area contributed by atoms with Crippen molar-refractivity contribution in [3.63, 3.8) is 0 Å². The Morgan fingerprint density at radius 1 is 0.941 bits per heavy atom. The number of carbonyl (C=O) groups excluding carboxylic acids is 2. The first kappa shape index (κ1) is 22.4. The van der Waals surface area contributed by atoms with E-state index in [0.717, 1.165) is 29.7 Å². The molecular formula is C25H25ClN4O4. The fraction of sp³-hybridized carbons (Fsp3) is 0.320. The number of methoxy groups -OCH3 is 2. The highest BCUT2D eigenvalue weighted by Gasteiger charge is 2.43. The van der Waals surface area contributed by atoms with Crippen molar-refractivity contribution in [3.05, 3.63) is 53.7 Å². The van der Waals surface area contributed by atoms with E-state index in [9.17, 15) is 9.59 Å². The molecule has 34 heavy (non-hydrogen) atoms. The molecule has 2 aromatic carbocycles. The summed E-state index contributed by atoms with van der Waals surface area (Å²) < 4.78 is 10.6. The highest BCUT2D eigenvalue weighted by Crippen LogP contribution is 2.33. The standard InChI is InChI=1S/C25H25ClN4O4/c1-33-18-12-17(13-19(14-18)34-2)30-24(31)15-23(25(30)32)29-9-7-28(8-10-29)22-5-6-27-21-11-16(26)3-4-20(21)22/h3-6,11-14,23H,7-10,15H2,1-2H3/t23-/m0/s1. The van der Waals surface area contributed by atoms with Crippen LogP contribution in [0.3, 0.4) is 0 Å². The Balaban J connectivity index is 1.32. The highest BCUT2D eigenvalue weighted by molar-refractivity contribution is 6.31. The number of hydrogen-bond donors (Lipinski definition) is 0. The van der Waals surface area contributed by atoms with Crippen LogP contribution in [0.5, 0.6) is 11.5 Å². The highest BCUT2D eigenvalue weighted by atomic mass is 35.5. The number of anilines is 2. The smallest absolute Gasteiger partial charge is 0.251 e. The lowest BCUT2D eigenvalue weighted by atomic mass is 10.1. The molecule has 1 aromatic heterocycles. The number of amides is 2. The van der Waals surface area contributed by atoms with Crippen LogP contribution in [0.4, 0.5) is 11.4 Å². The summed E-state index contributed by atoms with van der Waals surface area (Å²) in [6, 6.07) is 12.3. The van der Waals surface area contributed by atoms with Gasteiger partial charge in [-0.25, -0.2) is 4.90 Å². The van der Waals surface area contributed by atoms with Crippen LogP contribution in [0.1, 0.15) is 6.42 Å². The van der Waals surface area contributed by atoms with Gasteiger partial charge in [0.2, 0.25) is 5.91 Å². The monoisotopic (exact) mass is 480 g/mol. The van der Waals surface area contributed by atoms with Gasteiger partial charge < -0.3 is 14.4 Å². The minimum atomic E-state index is -0.472. The summed E-state index contributed by atoms with van der Waals surface area (Å²) in [6.07, 6.45) is 1.95. The summed E-state index contributed by atoms with van der Waals surface area (Å²) in [5, 5.41) is 1.70. The van der Waals surface area contributed by atoms with Gasteiger partial charge in [-0.15, -0.1) is 0 Å². The van der Waals surface area contributed by atoms with E-state index in [0.29, 0.717) is 35.3 Å². The van der Waals surface area contributed by atoms with Crippen molar-refractivity contribution in [2.75, 3.05) is 50.2 Å². The van der Waals surface area contributed by atoms with Gasteiger partial charge in [-0.3, -0.25) is 19.5 Å². The van der Waals surface area contributed by atoms with Crippen LogP contribution in [0, 0.1) is 0 Å². The van der Waals surface area contributed by atoms with E-state index in [1.807, 2.05) is 24.3 Å². The SMILES string of the molecule is COc1cc(OC)cc(N2C(=O)C[C@H](N3CCN(c4ccnc5cc(Cl)ccc45)CC3)C2=O)c1. The molecule has 2 fully saturated rings. The van der Waals surface area contributed by atoms with Crippen LogP contribution in [0.2, 0.25) is 5.02 Å². The topological polar surface area (TPSA) is 75.2 Å². The molecule has 5 rings (SSSR count). The molecule has 0 bridgehead atoms. The number of rotatable bonds is 5. The lowest BCUT2D eigenvalue weighted by Gasteiger charge is -2.38. The zero-order chi connectivity index (χ0) is 23.8. The molecule has 2 aliphatic rings. The number of halogens is 1. The lowest BCUT2D eigenvalue weighted by molar-refractivity contribution is -0.123. The maximum atomic E-state index is 13.3. The second-order valence-electron chi connectivity index (χ2n) is 8.37. The molecule has 8 nitrogen and oxygen atoms in total. The molecule has 0 spiro atoms. The Morgan fingerprint density at radius 2 is 1.65 bits per heavy atom. The number of ether oxygens (including phenoxy) is 2. The molecule has 3 heterocycles. The second kappa shape index (κ2) is 9.12. The van der Waals surface area contributed by atoms with Crippen molar-refractivity contribution in [2.45, 2.75) is 12.5 Å². The molecule has 9 heteroatoms. The van der Waals surface area contributed by atoms with E-state index >= 15 is 0 Å². The molecule has 0 radical (unpaired) electrons. The van der Waals surface area contributed by atoms with Crippen LogP contribution in [0.15, 0.2) is 48.7 Å². The fourth-order valence-corrected chi connectivity index (χ4v) is 4.92. The van der Waals surface area contributed by atoms with Gasteiger partial charge >= 0.3 is 0 Å². The van der Waals surface area contributed by atoms with E-state index in [1.54, 1.807) is 24.4 Å². The molecule has 0 N–H and O–H groups in total. The van der Waals surface area contributed by atoms with Gasteiger partial charge in [-0.2, -0.15) is 0 Å². The number of imide groups is 1. The van der Waals surface area contributed by atoms with Gasteiger partial charge in [0.1, 0.15) is 11.5 Å². The molecule has 2 saturated heterocycles. The number of hydrogen-bond acceptors (Lipinski definition) is 7. The summed E-state index contributed by atoms with van der Waals surface area (Å²) in [4.78, 5) is 36.3. The number of carbonyl (C=O) groups is 2. The first-order chi connectivity index (χ1) is 16.5. The number of fused-ring (bicyclic) bond motifs is 1. The summed E-state index contributed by atoms with van der Waals surface area (Å²) in [5.41, 5.74) is 2.42. The van der Waals surface area contributed by atoms with Crippen molar-refractivity contribution < 1.29 is 19.1 Å². The van der Waals surface area contributed by atoms with E-state index < -0.39 is 6.04 Å². The molecule has 176 valence electrons. The quantitative estimate of drug-likeness (QED) is 0.518.